The number of piperidine rings is 2. The minimum absolute atomic E-state index is 0.0326. The molecule has 4 aliphatic heterocycles. The zero-order valence-corrected chi connectivity index (χ0v) is 40.8. The lowest BCUT2D eigenvalue weighted by Crippen LogP contribution is -2.48. The highest BCUT2D eigenvalue weighted by atomic mass is 16.3. The molecule has 4 fully saturated rings. The second-order valence-corrected chi connectivity index (χ2v) is 19.6. The Balaban J connectivity index is 0.822. The Bertz CT molecular complexity index is 2500. The van der Waals surface area contributed by atoms with Gasteiger partial charge in [0.2, 0.25) is 5.91 Å². The smallest absolute Gasteiger partial charge is 0.255 e. The molecule has 5 amide bonds. The monoisotopic (exact) mass is 939 g/mol. The van der Waals surface area contributed by atoms with E-state index in [2.05, 4.69) is 44.9 Å². The van der Waals surface area contributed by atoms with E-state index in [9.17, 15) is 29.1 Å². The summed E-state index contributed by atoms with van der Waals surface area (Å²) in [6, 6.07) is 25.7. The molecule has 69 heavy (non-hydrogen) atoms. The summed E-state index contributed by atoms with van der Waals surface area (Å²) in [7, 11) is 0. The number of anilines is 4. The Morgan fingerprint density at radius 1 is 0.681 bits per heavy atom. The maximum atomic E-state index is 13.8. The maximum Gasteiger partial charge on any atom is 0.255 e. The minimum Gasteiger partial charge on any atom is -0.373 e. The highest BCUT2D eigenvalue weighted by Gasteiger charge is 2.36. The lowest BCUT2D eigenvalue weighted by Gasteiger charge is -2.37. The first-order valence-corrected chi connectivity index (χ1v) is 25.3. The molecule has 0 aromatic heterocycles. The van der Waals surface area contributed by atoms with Gasteiger partial charge in [0.25, 0.3) is 23.6 Å². The molecule has 3 unspecified atom stereocenters. The van der Waals surface area contributed by atoms with E-state index in [0.717, 1.165) is 107 Å². The van der Waals surface area contributed by atoms with Crippen molar-refractivity contribution >= 4 is 52.3 Å². The molecule has 8 rings (SSSR count). The van der Waals surface area contributed by atoms with Crippen LogP contribution in [0.2, 0.25) is 0 Å². The summed E-state index contributed by atoms with van der Waals surface area (Å²) in [4.78, 5) is 75.6. The average molecular weight is 939 g/mol. The molecule has 4 heterocycles. The summed E-state index contributed by atoms with van der Waals surface area (Å²) in [5, 5.41) is 24.1. The van der Waals surface area contributed by atoms with E-state index in [1.54, 1.807) is 41.3 Å². The fraction of sp³-hybridized carbons (Fsp3) is 0.473. The first kappa shape index (κ1) is 49.3. The molecule has 0 saturated carbocycles. The Morgan fingerprint density at radius 3 is 1.88 bits per heavy atom. The molecule has 4 aliphatic rings. The van der Waals surface area contributed by atoms with Gasteiger partial charge in [0.05, 0.1) is 22.5 Å². The molecular formula is C55H70N8O6. The van der Waals surface area contributed by atoms with Crippen LogP contribution >= 0.6 is 0 Å². The third-order valence-electron chi connectivity index (χ3n) is 14.7. The first-order chi connectivity index (χ1) is 33.4. The van der Waals surface area contributed by atoms with E-state index in [1.807, 2.05) is 67.3 Å². The number of carbonyl (C=O) groups excluding carboxylic acids is 5. The summed E-state index contributed by atoms with van der Waals surface area (Å²) in [6.45, 7) is 14.2. The number of nitrogens with one attached hydrogen (secondary N) is 4. The number of rotatable bonds is 16. The lowest BCUT2D eigenvalue weighted by molar-refractivity contribution is -0.117. The Morgan fingerprint density at radius 2 is 1.28 bits per heavy atom. The van der Waals surface area contributed by atoms with Crippen molar-refractivity contribution in [1.29, 1.82) is 0 Å². The van der Waals surface area contributed by atoms with Crippen molar-refractivity contribution in [2.24, 2.45) is 5.92 Å². The zero-order valence-electron chi connectivity index (χ0n) is 40.8. The van der Waals surface area contributed by atoms with Crippen LogP contribution in [-0.2, 0) is 11.2 Å². The van der Waals surface area contributed by atoms with Crippen LogP contribution < -0.4 is 31.1 Å². The quantitative estimate of drug-likeness (QED) is 0.0760. The standard InChI is InChI=1S/C55H70N8O6/c1-5-24-60-26-20-42(21-27-60)56-54(68)47-33-38(6-2)16-18-49(47)59-52(66)40-11-8-13-45(35-40)63-30-19-41(55(63)69)32-37(4)61-28-22-43(23-29-61)57-53(67)46-31-36(3)15-17-48(46)58-51(65)39-10-7-12-44(34-39)62-25-9-14-50(62)64/h7-8,10-13,15-18,31,33-35,37,41-43,55,69H,5-6,9,14,19-30,32H2,1-4H3,(H,56,68)(H,57,67)(H,58,65)(H,59,66). The number of hydrogen-bond donors (Lipinski definition) is 5. The topological polar surface area (TPSA) is 167 Å². The van der Waals surface area contributed by atoms with E-state index in [-0.39, 0.29) is 53.6 Å². The van der Waals surface area contributed by atoms with Gasteiger partial charge in [-0.05, 0) is 144 Å². The molecule has 366 valence electrons. The van der Waals surface area contributed by atoms with Crippen LogP contribution in [0.3, 0.4) is 0 Å². The molecule has 4 saturated heterocycles. The number of likely N-dealkylation sites (tertiary alicyclic amines) is 2. The van der Waals surface area contributed by atoms with Gasteiger partial charge in [0.1, 0.15) is 6.23 Å². The molecule has 14 nitrogen and oxygen atoms in total. The van der Waals surface area contributed by atoms with Crippen molar-refractivity contribution in [3.63, 3.8) is 0 Å². The zero-order chi connectivity index (χ0) is 48.6. The fourth-order valence-corrected chi connectivity index (χ4v) is 10.6. The molecule has 14 heteroatoms. The molecule has 0 bridgehead atoms. The van der Waals surface area contributed by atoms with Crippen molar-refractivity contribution in [3.05, 3.63) is 118 Å². The Labute approximate surface area is 407 Å². The van der Waals surface area contributed by atoms with Gasteiger partial charge in [-0.2, -0.15) is 0 Å². The number of benzene rings is 4. The van der Waals surface area contributed by atoms with Crippen LogP contribution in [0.5, 0.6) is 0 Å². The fourth-order valence-electron chi connectivity index (χ4n) is 10.6. The van der Waals surface area contributed by atoms with Gasteiger partial charge in [0.15, 0.2) is 0 Å². The highest BCUT2D eigenvalue weighted by molar-refractivity contribution is 6.11. The van der Waals surface area contributed by atoms with Gasteiger partial charge in [-0.1, -0.05) is 43.7 Å². The van der Waals surface area contributed by atoms with Gasteiger partial charge >= 0.3 is 0 Å². The molecule has 0 spiro atoms. The van der Waals surface area contributed by atoms with E-state index in [1.165, 1.54) is 0 Å². The van der Waals surface area contributed by atoms with Crippen LogP contribution in [0, 0.1) is 12.8 Å². The molecule has 3 atom stereocenters. The molecule has 4 aromatic carbocycles. The SMILES string of the molecule is CCCN1CCC(NC(=O)c2cc(CC)ccc2NC(=O)c2cccc(N3CCC(CC(C)N4CCC(NC(=O)c5cc(C)ccc5NC(=O)c5cccc(N6CCCC6=O)c5)CC4)C3O)c2)CC1. The van der Waals surface area contributed by atoms with Crippen LogP contribution in [0.1, 0.15) is 131 Å². The summed E-state index contributed by atoms with van der Waals surface area (Å²) < 4.78 is 0. The van der Waals surface area contributed by atoms with E-state index < -0.39 is 6.23 Å². The summed E-state index contributed by atoms with van der Waals surface area (Å²) >= 11 is 0. The number of hydrogen-bond acceptors (Lipinski definition) is 9. The van der Waals surface area contributed by atoms with Gasteiger partial charge in [-0.15, -0.1) is 0 Å². The van der Waals surface area contributed by atoms with Crippen molar-refractivity contribution in [3.8, 4) is 0 Å². The number of aryl methyl sites for hydroxylation is 2. The van der Waals surface area contributed by atoms with Crippen LogP contribution in [0.4, 0.5) is 22.7 Å². The number of aliphatic hydroxyl groups is 1. The Hall–Kier alpha value is -6.09. The third-order valence-corrected chi connectivity index (χ3v) is 14.7. The van der Waals surface area contributed by atoms with Crippen molar-refractivity contribution in [2.75, 3.05) is 66.2 Å². The number of carbonyl (C=O) groups is 5. The molecular weight excluding hydrogens is 869 g/mol. The lowest BCUT2D eigenvalue weighted by atomic mass is 9.95. The van der Waals surface area contributed by atoms with E-state index >= 15 is 0 Å². The highest BCUT2D eigenvalue weighted by Crippen LogP contribution is 2.34. The summed E-state index contributed by atoms with van der Waals surface area (Å²) in [5.74, 6) is -0.994. The van der Waals surface area contributed by atoms with E-state index in [4.69, 9.17) is 0 Å². The second-order valence-electron chi connectivity index (χ2n) is 19.6. The van der Waals surface area contributed by atoms with Crippen LogP contribution in [0.25, 0.3) is 0 Å². The molecule has 0 aliphatic carbocycles. The molecule has 0 radical (unpaired) electrons. The predicted molar refractivity (Wildman–Crippen MR) is 272 cm³/mol. The second kappa shape index (κ2) is 22.6. The number of aliphatic hydroxyl groups excluding tert-OH is 1. The molecule has 5 N–H and O–H groups in total. The third kappa shape index (κ3) is 12.0. The van der Waals surface area contributed by atoms with Crippen LogP contribution in [0.15, 0.2) is 84.9 Å². The van der Waals surface area contributed by atoms with Crippen molar-refractivity contribution in [1.82, 2.24) is 20.4 Å². The van der Waals surface area contributed by atoms with Crippen molar-refractivity contribution < 1.29 is 29.1 Å². The normalized spacial score (nSPS) is 19.9. The minimum atomic E-state index is -0.712. The van der Waals surface area contributed by atoms with Gasteiger partial charge in [0, 0.05) is 92.2 Å². The average Bonchev–Trinajstić information content (AvgIpc) is 3.96. The van der Waals surface area contributed by atoms with Crippen molar-refractivity contribution in [2.45, 2.75) is 116 Å². The summed E-state index contributed by atoms with van der Waals surface area (Å²) in [5.41, 5.74) is 6.02. The molecule has 4 aromatic rings. The summed E-state index contributed by atoms with van der Waals surface area (Å²) in [6.07, 6.45) is 7.43. The van der Waals surface area contributed by atoms with E-state index in [0.29, 0.717) is 58.8 Å². The first-order valence-electron chi connectivity index (χ1n) is 25.3. The Kier molecular flexibility index (Phi) is 16.1. The predicted octanol–water partition coefficient (Wildman–Crippen LogP) is 7.61. The van der Waals surface area contributed by atoms with Gasteiger partial charge < -0.3 is 46.0 Å². The number of amides is 5. The number of nitrogens with zero attached hydrogens (tertiary/aromatic N) is 4. The van der Waals surface area contributed by atoms with Crippen LogP contribution in [-0.4, -0.2) is 115 Å². The maximum absolute atomic E-state index is 13.8. The van der Waals surface area contributed by atoms with Gasteiger partial charge in [-0.25, -0.2) is 0 Å². The van der Waals surface area contributed by atoms with Gasteiger partial charge in [-0.3, -0.25) is 24.0 Å². The largest absolute Gasteiger partial charge is 0.373 e.